The Morgan fingerprint density at radius 2 is 2.00 bits per heavy atom. The van der Waals surface area contributed by atoms with E-state index in [-0.39, 0.29) is 5.54 Å². The summed E-state index contributed by atoms with van der Waals surface area (Å²) in [6, 6.07) is 7.48. The van der Waals surface area contributed by atoms with E-state index < -0.39 is 0 Å². The SMILES string of the molecule is NC1(CCc2ccccc2O)CC1. The number of nitrogens with two attached hydrogens (primary N) is 1. The van der Waals surface area contributed by atoms with Gasteiger partial charge in [0.15, 0.2) is 0 Å². The molecule has 1 fully saturated rings. The van der Waals surface area contributed by atoms with Crippen LogP contribution in [-0.4, -0.2) is 10.6 Å². The zero-order chi connectivity index (χ0) is 9.31. The molecule has 1 aliphatic rings. The Kier molecular flexibility index (Phi) is 2.00. The van der Waals surface area contributed by atoms with Gasteiger partial charge in [0.1, 0.15) is 5.75 Å². The van der Waals surface area contributed by atoms with E-state index in [1.165, 1.54) is 0 Å². The summed E-state index contributed by atoms with van der Waals surface area (Å²) >= 11 is 0. The maximum atomic E-state index is 9.49. The first-order valence-corrected chi connectivity index (χ1v) is 4.75. The van der Waals surface area contributed by atoms with Gasteiger partial charge in [-0.25, -0.2) is 0 Å². The van der Waals surface area contributed by atoms with Crippen molar-refractivity contribution in [3.63, 3.8) is 0 Å². The molecule has 2 rings (SSSR count). The normalized spacial score (nSPS) is 18.5. The molecule has 0 bridgehead atoms. The Morgan fingerprint density at radius 1 is 1.31 bits per heavy atom. The van der Waals surface area contributed by atoms with Crippen LogP contribution in [0.3, 0.4) is 0 Å². The summed E-state index contributed by atoms with van der Waals surface area (Å²) in [6.07, 6.45) is 4.16. The third-order valence-electron chi connectivity index (χ3n) is 2.78. The van der Waals surface area contributed by atoms with Gasteiger partial charge in [-0.05, 0) is 37.3 Å². The van der Waals surface area contributed by atoms with E-state index in [2.05, 4.69) is 0 Å². The van der Waals surface area contributed by atoms with E-state index in [9.17, 15) is 5.11 Å². The molecule has 0 aliphatic heterocycles. The van der Waals surface area contributed by atoms with E-state index in [1.54, 1.807) is 6.07 Å². The number of aryl methyl sites for hydroxylation is 1. The molecular formula is C11H15NO. The molecule has 1 aliphatic carbocycles. The van der Waals surface area contributed by atoms with Gasteiger partial charge in [0.05, 0.1) is 0 Å². The molecule has 0 spiro atoms. The van der Waals surface area contributed by atoms with Crippen LogP contribution in [0.25, 0.3) is 0 Å². The fourth-order valence-corrected chi connectivity index (χ4v) is 1.52. The van der Waals surface area contributed by atoms with Crippen LogP contribution in [0, 0.1) is 0 Å². The summed E-state index contributed by atoms with van der Waals surface area (Å²) in [5.41, 5.74) is 7.06. The van der Waals surface area contributed by atoms with Crippen LogP contribution in [0.2, 0.25) is 0 Å². The fraction of sp³-hybridized carbons (Fsp3) is 0.455. The number of hydrogen-bond acceptors (Lipinski definition) is 2. The van der Waals surface area contributed by atoms with Crippen molar-refractivity contribution in [2.75, 3.05) is 0 Å². The third kappa shape index (κ3) is 2.01. The van der Waals surface area contributed by atoms with Crippen molar-refractivity contribution < 1.29 is 5.11 Å². The van der Waals surface area contributed by atoms with Crippen molar-refractivity contribution in [3.05, 3.63) is 29.8 Å². The van der Waals surface area contributed by atoms with Gasteiger partial charge in [-0.15, -0.1) is 0 Å². The molecule has 70 valence electrons. The Hall–Kier alpha value is -1.02. The van der Waals surface area contributed by atoms with E-state index in [1.807, 2.05) is 18.2 Å². The zero-order valence-corrected chi connectivity index (χ0v) is 7.66. The molecule has 0 unspecified atom stereocenters. The van der Waals surface area contributed by atoms with Crippen LogP contribution in [0.15, 0.2) is 24.3 Å². The predicted molar refractivity (Wildman–Crippen MR) is 52.6 cm³/mol. The van der Waals surface area contributed by atoms with Crippen LogP contribution >= 0.6 is 0 Å². The van der Waals surface area contributed by atoms with Crippen molar-refractivity contribution in [2.45, 2.75) is 31.2 Å². The maximum Gasteiger partial charge on any atom is 0.118 e. The molecule has 3 N–H and O–H groups in total. The lowest BCUT2D eigenvalue weighted by Gasteiger charge is -2.08. The molecule has 0 amide bonds. The molecule has 0 aromatic heterocycles. The second-order valence-electron chi connectivity index (χ2n) is 3.99. The summed E-state index contributed by atoms with van der Waals surface area (Å²) in [5, 5.41) is 9.49. The lowest BCUT2D eigenvalue weighted by Crippen LogP contribution is -2.22. The first-order valence-electron chi connectivity index (χ1n) is 4.75. The molecule has 2 nitrogen and oxygen atoms in total. The average Bonchev–Trinajstić information content (AvgIpc) is 2.83. The summed E-state index contributed by atoms with van der Waals surface area (Å²) in [5.74, 6) is 0.395. The molecule has 13 heavy (non-hydrogen) atoms. The van der Waals surface area contributed by atoms with Crippen molar-refractivity contribution in [3.8, 4) is 5.75 Å². The molecule has 0 atom stereocenters. The fourth-order valence-electron chi connectivity index (χ4n) is 1.52. The minimum Gasteiger partial charge on any atom is -0.508 e. The molecule has 0 saturated heterocycles. The number of aromatic hydroxyl groups is 1. The number of para-hydroxylation sites is 1. The van der Waals surface area contributed by atoms with Gasteiger partial charge >= 0.3 is 0 Å². The topological polar surface area (TPSA) is 46.2 Å². The lowest BCUT2D eigenvalue weighted by atomic mass is 10.0. The standard InChI is InChI=1S/C11H15NO/c12-11(7-8-11)6-5-9-3-1-2-4-10(9)13/h1-4,13H,5-8,12H2. The van der Waals surface area contributed by atoms with Gasteiger partial charge in [0, 0.05) is 5.54 Å². The molecule has 2 heteroatoms. The van der Waals surface area contributed by atoms with Gasteiger partial charge in [0.25, 0.3) is 0 Å². The molecule has 0 radical (unpaired) electrons. The Labute approximate surface area is 78.4 Å². The van der Waals surface area contributed by atoms with Gasteiger partial charge in [-0.2, -0.15) is 0 Å². The monoisotopic (exact) mass is 177 g/mol. The second kappa shape index (κ2) is 3.04. The van der Waals surface area contributed by atoms with Crippen molar-refractivity contribution in [2.24, 2.45) is 5.73 Å². The van der Waals surface area contributed by atoms with Crippen LogP contribution in [0.4, 0.5) is 0 Å². The first kappa shape index (κ1) is 8.57. The first-order chi connectivity index (χ1) is 6.20. The minimum absolute atomic E-state index is 0.0856. The number of rotatable bonds is 3. The summed E-state index contributed by atoms with van der Waals surface area (Å²) < 4.78 is 0. The van der Waals surface area contributed by atoms with E-state index in [4.69, 9.17) is 5.73 Å². The molecule has 1 aromatic rings. The number of phenolic OH excluding ortho intramolecular Hbond substituents is 1. The summed E-state index contributed by atoms with van der Waals surface area (Å²) in [7, 11) is 0. The summed E-state index contributed by atoms with van der Waals surface area (Å²) in [4.78, 5) is 0. The van der Waals surface area contributed by atoms with Crippen LogP contribution in [0.1, 0.15) is 24.8 Å². The number of phenols is 1. The maximum absolute atomic E-state index is 9.49. The van der Waals surface area contributed by atoms with Crippen LogP contribution in [0.5, 0.6) is 5.75 Å². The Balaban J connectivity index is 1.97. The highest BCUT2D eigenvalue weighted by molar-refractivity contribution is 5.32. The number of hydrogen-bond donors (Lipinski definition) is 2. The van der Waals surface area contributed by atoms with E-state index in [0.29, 0.717) is 5.75 Å². The van der Waals surface area contributed by atoms with E-state index in [0.717, 1.165) is 31.2 Å². The second-order valence-corrected chi connectivity index (χ2v) is 3.99. The van der Waals surface area contributed by atoms with Crippen molar-refractivity contribution in [1.29, 1.82) is 0 Å². The zero-order valence-electron chi connectivity index (χ0n) is 7.66. The highest BCUT2D eigenvalue weighted by Crippen LogP contribution is 2.37. The van der Waals surface area contributed by atoms with Crippen molar-refractivity contribution in [1.82, 2.24) is 0 Å². The highest BCUT2D eigenvalue weighted by Gasteiger charge is 2.37. The quantitative estimate of drug-likeness (QED) is 0.739. The van der Waals surface area contributed by atoms with Crippen LogP contribution in [-0.2, 0) is 6.42 Å². The average molecular weight is 177 g/mol. The largest absolute Gasteiger partial charge is 0.508 e. The predicted octanol–water partition coefficient (Wildman–Crippen LogP) is 1.82. The van der Waals surface area contributed by atoms with E-state index >= 15 is 0 Å². The van der Waals surface area contributed by atoms with Gasteiger partial charge < -0.3 is 10.8 Å². The summed E-state index contributed by atoms with van der Waals surface area (Å²) in [6.45, 7) is 0. The van der Waals surface area contributed by atoms with Gasteiger partial charge in [-0.1, -0.05) is 18.2 Å². The Morgan fingerprint density at radius 3 is 2.62 bits per heavy atom. The van der Waals surface area contributed by atoms with Crippen molar-refractivity contribution >= 4 is 0 Å². The number of benzene rings is 1. The minimum atomic E-state index is 0.0856. The molecule has 1 saturated carbocycles. The van der Waals surface area contributed by atoms with Crippen LogP contribution < -0.4 is 5.73 Å². The van der Waals surface area contributed by atoms with Gasteiger partial charge in [0.2, 0.25) is 0 Å². The van der Waals surface area contributed by atoms with Gasteiger partial charge in [-0.3, -0.25) is 0 Å². The third-order valence-corrected chi connectivity index (χ3v) is 2.78. The smallest absolute Gasteiger partial charge is 0.118 e. The Bertz CT molecular complexity index is 305. The molecular weight excluding hydrogens is 162 g/mol. The lowest BCUT2D eigenvalue weighted by molar-refractivity contribution is 0.464. The molecule has 1 aromatic carbocycles. The highest BCUT2D eigenvalue weighted by atomic mass is 16.3. The molecule has 0 heterocycles.